The molecule has 1 heterocycles. The van der Waals surface area contributed by atoms with Crippen LogP contribution < -0.4 is 14.8 Å². The van der Waals surface area contributed by atoms with Crippen LogP contribution in [0.3, 0.4) is 0 Å². The third-order valence-electron chi connectivity index (χ3n) is 3.36. The lowest BCUT2D eigenvalue weighted by Gasteiger charge is -2.07. The second-order valence-corrected chi connectivity index (χ2v) is 7.59. The molecule has 0 radical (unpaired) electrons. The van der Waals surface area contributed by atoms with Crippen LogP contribution in [0.25, 0.3) is 0 Å². The fourth-order valence-corrected chi connectivity index (χ4v) is 3.86. The summed E-state index contributed by atoms with van der Waals surface area (Å²) in [4.78, 5) is 12.0. The predicted octanol–water partition coefficient (Wildman–Crippen LogP) is 4.25. The number of nitrogens with zero attached hydrogens (tertiary/aromatic N) is 2. The molecule has 0 saturated carbocycles. The molecule has 1 N–H and O–H groups in total. The molecule has 0 fully saturated rings. The molecule has 1 aromatic heterocycles. The third-order valence-corrected chi connectivity index (χ3v) is 5.41. The highest BCUT2D eigenvalue weighted by molar-refractivity contribution is 8.00. The smallest absolute Gasteiger partial charge is 0.264 e. The molecule has 0 saturated heterocycles. The van der Waals surface area contributed by atoms with E-state index in [1.807, 2.05) is 25.1 Å². The first-order valence-corrected chi connectivity index (χ1v) is 10.2. The molecule has 27 heavy (non-hydrogen) atoms. The minimum Gasteiger partial charge on any atom is -0.494 e. The molecule has 1 amide bonds. The van der Waals surface area contributed by atoms with E-state index in [0.29, 0.717) is 17.5 Å². The minimum atomic E-state index is -0.278. The summed E-state index contributed by atoms with van der Waals surface area (Å²) >= 11 is 2.93. The molecule has 0 aliphatic heterocycles. The molecule has 0 bridgehead atoms. The zero-order chi connectivity index (χ0) is 18.9. The summed E-state index contributed by atoms with van der Waals surface area (Å²) < 4.78 is 11.6. The van der Waals surface area contributed by atoms with Gasteiger partial charge in [0, 0.05) is 5.75 Å². The van der Waals surface area contributed by atoms with Gasteiger partial charge in [0.2, 0.25) is 5.13 Å². The number of rotatable bonds is 9. The summed E-state index contributed by atoms with van der Waals surface area (Å²) in [7, 11) is 0. The molecule has 140 valence electrons. The molecule has 2 aromatic carbocycles. The number of carbonyl (C=O) groups is 1. The average molecular weight is 402 g/mol. The van der Waals surface area contributed by atoms with Gasteiger partial charge in [-0.3, -0.25) is 10.1 Å². The Morgan fingerprint density at radius 1 is 1.04 bits per heavy atom. The van der Waals surface area contributed by atoms with Crippen LogP contribution in [0, 0.1) is 0 Å². The Morgan fingerprint density at radius 2 is 1.74 bits per heavy atom. The Labute approximate surface area is 165 Å². The first kappa shape index (κ1) is 19.2. The average Bonchev–Trinajstić information content (AvgIpc) is 3.14. The van der Waals surface area contributed by atoms with Gasteiger partial charge in [-0.1, -0.05) is 53.4 Å². The van der Waals surface area contributed by atoms with Crippen molar-refractivity contribution in [1.82, 2.24) is 10.2 Å². The summed E-state index contributed by atoms with van der Waals surface area (Å²) in [6, 6.07) is 17.3. The largest absolute Gasteiger partial charge is 0.494 e. The number of benzene rings is 2. The molecule has 0 aliphatic rings. The van der Waals surface area contributed by atoms with E-state index >= 15 is 0 Å². The Morgan fingerprint density at radius 3 is 2.44 bits per heavy atom. The highest BCUT2D eigenvalue weighted by Gasteiger charge is 2.09. The van der Waals surface area contributed by atoms with Gasteiger partial charge < -0.3 is 9.47 Å². The van der Waals surface area contributed by atoms with Crippen molar-refractivity contribution >= 4 is 34.1 Å². The van der Waals surface area contributed by atoms with Gasteiger partial charge in [0.25, 0.3) is 5.91 Å². The Kier molecular flexibility index (Phi) is 7.06. The van der Waals surface area contributed by atoms with E-state index in [0.717, 1.165) is 15.8 Å². The fraction of sp³-hybridized carbons (Fsp3) is 0.211. The summed E-state index contributed by atoms with van der Waals surface area (Å²) in [5.41, 5.74) is 1.21. The number of hydrogen-bond donors (Lipinski definition) is 1. The van der Waals surface area contributed by atoms with E-state index in [4.69, 9.17) is 9.47 Å². The van der Waals surface area contributed by atoms with Gasteiger partial charge >= 0.3 is 0 Å². The predicted molar refractivity (Wildman–Crippen MR) is 108 cm³/mol. The van der Waals surface area contributed by atoms with E-state index in [1.54, 1.807) is 36.0 Å². The van der Waals surface area contributed by atoms with E-state index in [2.05, 4.69) is 27.6 Å². The zero-order valence-electron chi connectivity index (χ0n) is 14.8. The molecule has 8 heteroatoms. The quantitative estimate of drug-likeness (QED) is 0.427. The van der Waals surface area contributed by atoms with E-state index in [1.165, 1.54) is 16.9 Å². The maximum Gasteiger partial charge on any atom is 0.264 e. The van der Waals surface area contributed by atoms with Gasteiger partial charge in [0.15, 0.2) is 10.9 Å². The van der Waals surface area contributed by atoms with Crippen LogP contribution in [-0.4, -0.2) is 29.3 Å². The Balaban J connectivity index is 1.43. The highest BCUT2D eigenvalue weighted by Crippen LogP contribution is 2.28. The van der Waals surface area contributed by atoms with Crippen molar-refractivity contribution in [1.29, 1.82) is 0 Å². The second kappa shape index (κ2) is 9.94. The van der Waals surface area contributed by atoms with Crippen molar-refractivity contribution < 1.29 is 14.3 Å². The molecular formula is C19H19N3O3S2. The SMILES string of the molecule is CCOc1ccc(OCC(=O)Nc2nnc(SCc3ccccc3)s2)cc1. The van der Waals surface area contributed by atoms with Gasteiger partial charge in [-0.25, -0.2) is 0 Å². The summed E-state index contributed by atoms with van der Waals surface area (Å²) in [5.74, 6) is 1.90. The van der Waals surface area contributed by atoms with Gasteiger partial charge in [-0.2, -0.15) is 0 Å². The minimum absolute atomic E-state index is 0.0972. The first-order valence-electron chi connectivity index (χ1n) is 8.38. The molecule has 0 aliphatic carbocycles. The number of anilines is 1. The van der Waals surface area contributed by atoms with Crippen LogP contribution in [-0.2, 0) is 10.5 Å². The van der Waals surface area contributed by atoms with E-state index < -0.39 is 0 Å². The van der Waals surface area contributed by atoms with Crippen molar-refractivity contribution in [3.05, 3.63) is 60.2 Å². The van der Waals surface area contributed by atoms with Crippen LogP contribution in [0.5, 0.6) is 11.5 Å². The normalized spacial score (nSPS) is 10.4. The molecule has 0 atom stereocenters. The molecule has 3 rings (SSSR count). The lowest BCUT2D eigenvalue weighted by molar-refractivity contribution is -0.118. The second-order valence-electron chi connectivity index (χ2n) is 5.39. The van der Waals surface area contributed by atoms with Gasteiger partial charge in [0.05, 0.1) is 6.61 Å². The fourth-order valence-electron chi connectivity index (χ4n) is 2.14. The number of ether oxygens (including phenoxy) is 2. The highest BCUT2D eigenvalue weighted by atomic mass is 32.2. The molecule has 3 aromatic rings. The maximum absolute atomic E-state index is 12.0. The lowest BCUT2D eigenvalue weighted by Crippen LogP contribution is -2.20. The van der Waals surface area contributed by atoms with Gasteiger partial charge in [-0.15, -0.1) is 10.2 Å². The topological polar surface area (TPSA) is 73.3 Å². The summed E-state index contributed by atoms with van der Waals surface area (Å²) in [6.07, 6.45) is 0. The number of nitrogens with one attached hydrogen (secondary N) is 1. The Hall–Kier alpha value is -2.58. The van der Waals surface area contributed by atoms with Crippen LogP contribution in [0.2, 0.25) is 0 Å². The number of hydrogen-bond acceptors (Lipinski definition) is 7. The standard InChI is InChI=1S/C19H19N3O3S2/c1-2-24-15-8-10-16(11-9-15)25-12-17(23)20-18-21-22-19(27-18)26-13-14-6-4-3-5-7-14/h3-11H,2,12-13H2,1H3,(H,20,21,23). The maximum atomic E-state index is 12.0. The van der Waals surface area contributed by atoms with Gasteiger partial charge in [0.1, 0.15) is 11.5 Å². The molecule has 6 nitrogen and oxygen atoms in total. The number of aromatic nitrogens is 2. The number of amides is 1. The van der Waals surface area contributed by atoms with Crippen LogP contribution >= 0.6 is 23.1 Å². The molecule has 0 spiro atoms. The van der Waals surface area contributed by atoms with Crippen LogP contribution in [0.1, 0.15) is 12.5 Å². The lowest BCUT2D eigenvalue weighted by atomic mass is 10.2. The Bertz CT molecular complexity index is 854. The van der Waals surface area contributed by atoms with Crippen molar-refractivity contribution in [2.45, 2.75) is 17.0 Å². The van der Waals surface area contributed by atoms with Crippen molar-refractivity contribution in [2.24, 2.45) is 0 Å². The summed E-state index contributed by atoms with van der Waals surface area (Å²) in [6.45, 7) is 2.43. The monoisotopic (exact) mass is 401 g/mol. The van der Waals surface area contributed by atoms with Crippen LogP contribution in [0.15, 0.2) is 58.9 Å². The summed E-state index contributed by atoms with van der Waals surface area (Å²) in [5, 5.41) is 11.3. The van der Waals surface area contributed by atoms with Crippen molar-refractivity contribution in [3.8, 4) is 11.5 Å². The number of thioether (sulfide) groups is 1. The van der Waals surface area contributed by atoms with Gasteiger partial charge in [-0.05, 0) is 36.8 Å². The molecular weight excluding hydrogens is 382 g/mol. The van der Waals surface area contributed by atoms with Crippen LogP contribution in [0.4, 0.5) is 5.13 Å². The van der Waals surface area contributed by atoms with E-state index in [-0.39, 0.29) is 12.5 Å². The zero-order valence-corrected chi connectivity index (χ0v) is 16.4. The number of carbonyl (C=O) groups excluding carboxylic acids is 1. The van der Waals surface area contributed by atoms with E-state index in [9.17, 15) is 4.79 Å². The van der Waals surface area contributed by atoms with Crippen molar-refractivity contribution in [3.63, 3.8) is 0 Å². The molecule has 0 unspecified atom stereocenters. The third kappa shape index (κ3) is 6.26. The van der Waals surface area contributed by atoms with Crippen molar-refractivity contribution in [2.75, 3.05) is 18.5 Å². The first-order chi connectivity index (χ1) is 13.2.